The Labute approximate surface area is 231 Å². The van der Waals surface area contributed by atoms with Crippen molar-refractivity contribution in [1.82, 2.24) is 0 Å². The van der Waals surface area contributed by atoms with Gasteiger partial charge in [-0.15, -0.1) is 13.2 Å². The Morgan fingerprint density at radius 2 is 1.39 bits per heavy atom. The zero-order chi connectivity index (χ0) is 29.7. The van der Waals surface area contributed by atoms with E-state index in [1.165, 1.54) is 24.3 Å². The summed E-state index contributed by atoms with van der Waals surface area (Å²) >= 11 is 0. The second kappa shape index (κ2) is 12.8. The lowest BCUT2D eigenvalue weighted by Gasteiger charge is -2.13. The summed E-state index contributed by atoms with van der Waals surface area (Å²) in [5.74, 6) is -6.83. The van der Waals surface area contributed by atoms with Gasteiger partial charge in [0.25, 0.3) is 0 Å². The number of ether oxygens (including phenoxy) is 2. The van der Waals surface area contributed by atoms with Crippen LogP contribution in [0.3, 0.4) is 0 Å². The number of benzene rings is 4. The zero-order valence-electron chi connectivity index (χ0n) is 22.0. The van der Waals surface area contributed by atoms with Crippen molar-refractivity contribution in [2.45, 2.75) is 51.8 Å². The largest absolute Gasteiger partial charge is 0.573 e. The topological polar surface area (TPSA) is 18.5 Å². The molecule has 41 heavy (non-hydrogen) atoms. The van der Waals surface area contributed by atoms with Gasteiger partial charge in [-0.1, -0.05) is 50.5 Å². The van der Waals surface area contributed by atoms with Gasteiger partial charge in [0.15, 0.2) is 11.6 Å². The maximum atomic E-state index is 15.3. The van der Waals surface area contributed by atoms with Crippen molar-refractivity contribution < 1.29 is 44.6 Å². The van der Waals surface area contributed by atoms with Crippen molar-refractivity contribution in [1.29, 1.82) is 0 Å². The molecule has 4 rings (SSSR count). The molecule has 0 spiro atoms. The van der Waals surface area contributed by atoms with Gasteiger partial charge in [0.2, 0.25) is 5.75 Å². The van der Waals surface area contributed by atoms with Crippen molar-refractivity contribution in [3.05, 3.63) is 94.8 Å². The summed E-state index contributed by atoms with van der Waals surface area (Å²) in [7, 11) is 0. The molecule has 0 amide bonds. The summed E-state index contributed by atoms with van der Waals surface area (Å²) in [6, 6.07) is 10.8. The molecular formula is C31H26F8O2. The highest BCUT2D eigenvalue weighted by Gasteiger charge is 2.34. The molecule has 0 atom stereocenters. The minimum atomic E-state index is -5.26. The van der Waals surface area contributed by atoms with Crippen molar-refractivity contribution in [2.24, 2.45) is 0 Å². The number of alkyl halides is 3. The molecule has 0 saturated carbocycles. The molecule has 0 saturated heterocycles. The predicted molar refractivity (Wildman–Crippen MR) is 139 cm³/mol. The molecule has 0 unspecified atom stereocenters. The van der Waals surface area contributed by atoms with Crippen LogP contribution in [0.25, 0.3) is 21.9 Å². The van der Waals surface area contributed by atoms with Crippen molar-refractivity contribution in [3.8, 4) is 22.6 Å². The normalized spacial score (nSPS) is 11.7. The van der Waals surface area contributed by atoms with E-state index in [0.29, 0.717) is 24.1 Å². The molecule has 0 N–H and O–H groups in total. The van der Waals surface area contributed by atoms with Gasteiger partial charge in [-0.05, 0) is 59.5 Å². The first-order valence-electron chi connectivity index (χ1n) is 13.0. The van der Waals surface area contributed by atoms with E-state index >= 15 is 4.39 Å². The van der Waals surface area contributed by atoms with Crippen LogP contribution in [0.5, 0.6) is 11.5 Å². The molecule has 2 nitrogen and oxygen atoms in total. The van der Waals surface area contributed by atoms with Crippen LogP contribution >= 0.6 is 0 Å². The molecule has 0 aliphatic heterocycles. The fourth-order valence-electron chi connectivity index (χ4n) is 4.56. The standard InChI is InChI=1S/C31H26F8O2/c1-2-3-4-5-12-40-22-16-24(32)28(25(33)17-22)21-10-11-23-20(15-21)9-8-19(29(23)36)7-6-18-13-26(34)30(27(35)14-18)41-31(37,38)39/h8-11,13-17H,2-7,12H2,1H3. The highest BCUT2D eigenvalue weighted by atomic mass is 19.4. The van der Waals surface area contributed by atoms with Gasteiger partial charge < -0.3 is 9.47 Å². The number of rotatable bonds is 11. The number of hydrogen-bond donors (Lipinski definition) is 0. The molecule has 4 aromatic carbocycles. The zero-order valence-corrected chi connectivity index (χ0v) is 22.0. The van der Waals surface area contributed by atoms with Crippen LogP contribution < -0.4 is 9.47 Å². The average Bonchev–Trinajstić information content (AvgIpc) is 2.89. The number of aryl methyl sites for hydroxylation is 2. The highest BCUT2D eigenvalue weighted by Crippen LogP contribution is 2.34. The van der Waals surface area contributed by atoms with E-state index in [0.717, 1.165) is 37.8 Å². The summed E-state index contributed by atoms with van der Waals surface area (Å²) in [6.45, 7) is 2.42. The first-order valence-corrected chi connectivity index (χ1v) is 13.0. The molecule has 0 fully saturated rings. The Morgan fingerprint density at radius 1 is 0.707 bits per heavy atom. The van der Waals surface area contributed by atoms with Gasteiger partial charge in [0, 0.05) is 17.5 Å². The SMILES string of the molecule is CCCCCCOc1cc(F)c(-c2ccc3c(F)c(CCc4cc(F)c(OC(F)(F)F)c(F)c4)ccc3c2)c(F)c1. The van der Waals surface area contributed by atoms with Crippen molar-refractivity contribution in [3.63, 3.8) is 0 Å². The Balaban J connectivity index is 1.50. The quantitative estimate of drug-likeness (QED) is 0.129. The Kier molecular flexibility index (Phi) is 9.40. The van der Waals surface area contributed by atoms with Crippen LogP contribution in [-0.4, -0.2) is 13.0 Å². The van der Waals surface area contributed by atoms with E-state index in [1.807, 2.05) is 0 Å². The van der Waals surface area contributed by atoms with Crippen LogP contribution in [0.4, 0.5) is 35.1 Å². The van der Waals surface area contributed by atoms with E-state index in [1.54, 1.807) is 6.07 Å². The van der Waals surface area contributed by atoms with Crippen molar-refractivity contribution in [2.75, 3.05) is 6.61 Å². The third-order valence-corrected chi connectivity index (χ3v) is 6.56. The van der Waals surface area contributed by atoms with E-state index in [2.05, 4.69) is 11.7 Å². The average molecular weight is 583 g/mol. The van der Waals surface area contributed by atoms with Gasteiger partial charge in [-0.25, -0.2) is 22.0 Å². The molecule has 0 bridgehead atoms. The lowest BCUT2D eigenvalue weighted by Crippen LogP contribution is -2.19. The van der Waals surface area contributed by atoms with E-state index in [-0.39, 0.29) is 46.2 Å². The smallest absolute Gasteiger partial charge is 0.493 e. The summed E-state index contributed by atoms with van der Waals surface area (Å²) in [4.78, 5) is 0. The minimum absolute atomic E-state index is 0.00343. The van der Waals surface area contributed by atoms with Gasteiger partial charge in [0.05, 0.1) is 12.2 Å². The van der Waals surface area contributed by atoms with Gasteiger partial charge >= 0.3 is 6.36 Å². The molecule has 218 valence electrons. The molecule has 4 aromatic rings. The van der Waals surface area contributed by atoms with Gasteiger partial charge in [-0.3, -0.25) is 0 Å². The number of fused-ring (bicyclic) bond motifs is 1. The van der Waals surface area contributed by atoms with Crippen LogP contribution in [-0.2, 0) is 12.8 Å². The van der Waals surface area contributed by atoms with Gasteiger partial charge in [-0.2, -0.15) is 0 Å². The first kappa shape index (κ1) is 30.1. The molecule has 0 aromatic heterocycles. The molecule has 0 heterocycles. The summed E-state index contributed by atoms with van der Waals surface area (Å²) in [5.41, 5.74) is 0.0983. The maximum Gasteiger partial charge on any atom is 0.573 e. The second-order valence-electron chi connectivity index (χ2n) is 9.58. The molecular weight excluding hydrogens is 556 g/mol. The molecule has 10 heteroatoms. The Hall–Kier alpha value is -3.82. The lowest BCUT2D eigenvalue weighted by molar-refractivity contribution is -0.276. The fourth-order valence-corrected chi connectivity index (χ4v) is 4.56. The predicted octanol–water partition coefficient (Wildman–Crippen LogP) is 9.85. The van der Waals surface area contributed by atoms with Crippen LogP contribution in [0.15, 0.2) is 54.6 Å². The maximum absolute atomic E-state index is 15.3. The van der Waals surface area contributed by atoms with E-state index in [4.69, 9.17) is 4.74 Å². The van der Waals surface area contributed by atoms with Gasteiger partial charge in [0.1, 0.15) is 23.2 Å². The van der Waals surface area contributed by atoms with E-state index in [9.17, 15) is 30.7 Å². The van der Waals surface area contributed by atoms with E-state index < -0.39 is 41.2 Å². The van der Waals surface area contributed by atoms with Crippen molar-refractivity contribution >= 4 is 10.8 Å². The third-order valence-electron chi connectivity index (χ3n) is 6.56. The summed E-state index contributed by atoms with van der Waals surface area (Å²) in [6.07, 6.45) is -1.53. The van der Waals surface area contributed by atoms with Crippen LogP contribution in [0.2, 0.25) is 0 Å². The Morgan fingerprint density at radius 3 is 2.02 bits per heavy atom. The Bertz CT molecular complexity index is 1490. The molecule has 0 aliphatic carbocycles. The minimum Gasteiger partial charge on any atom is -0.493 e. The number of unbranched alkanes of at least 4 members (excludes halogenated alkanes) is 3. The number of halogens is 8. The highest BCUT2D eigenvalue weighted by molar-refractivity contribution is 5.88. The van der Waals surface area contributed by atoms with Crippen LogP contribution in [0, 0.1) is 29.1 Å². The molecule has 0 aliphatic rings. The monoisotopic (exact) mass is 582 g/mol. The first-order chi connectivity index (χ1) is 19.5. The number of hydrogen-bond acceptors (Lipinski definition) is 2. The van der Waals surface area contributed by atoms with Crippen LogP contribution in [0.1, 0.15) is 43.7 Å². The summed E-state index contributed by atoms with van der Waals surface area (Å²) in [5, 5.41) is 0.523. The molecule has 0 radical (unpaired) electrons. The third kappa shape index (κ3) is 7.48. The second-order valence-corrected chi connectivity index (χ2v) is 9.58. The lowest BCUT2D eigenvalue weighted by atomic mass is 9.96. The summed E-state index contributed by atoms with van der Waals surface area (Å²) < 4.78 is 119. The fraction of sp³-hybridized carbons (Fsp3) is 0.290.